The summed E-state index contributed by atoms with van der Waals surface area (Å²) in [7, 11) is 1.57. The highest BCUT2D eigenvalue weighted by molar-refractivity contribution is 6.32. The molecule has 0 fully saturated rings. The van der Waals surface area contributed by atoms with E-state index in [1.165, 1.54) is 6.21 Å². The number of rotatable bonds is 6. The summed E-state index contributed by atoms with van der Waals surface area (Å²) in [6.07, 6.45) is 1.48. The number of hydrazone groups is 1. The average Bonchev–Trinajstić information content (AvgIpc) is 3.09. The van der Waals surface area contributed by atoms with Gasteiger partial charge in [-0.1, -0.05) is 23.7 Å². The van der Waals surface area contributed by atoms with Gasteiger partial charge < -0.3 is 19.5 Å². The second-order valence-electron chi connectivity index (χ2n) is 5.08. The number of nitrogens with one attached hydrogen (secondary N) is 2. The molecule has 0 aliphatic carbocycles. The largest absolute Gasteiger partial charge is 0.495 e. The van der Waals surface area contributed by atoms with Crippen LogP contribution in [0.3, 0.4) is 0 Å². The van der Waals surface area contributed by atoms with Crippen molar-refractivity contribution >= 4 is 29.4 Å². The first kappa shape index (κ1) is 16.9. The molecule has 1 amide bonds. The van der Waals surface area contributed by atoms with Crippen LogP contribution in [-0.2, 0) is 4.79 Å². The van der Waals surface area contributed by atoms with Crippen molar-refractivity contribution in [1.29, 1.82) is 0 Å². The molecule has 0 atom stereocenters. The first-order chi connectivity index (χ1) is 12.2. The summed E-state index contributed by atoms with van der Waals surface area (Å²) in [6, 6.07) is 10.7. The highest BCUT2D eigenvalue weighted by Gasteiger charge is 2.17. The van der Waals surface area contributed by atoms with Crippen LogP contribution in [0.2, 0.25) is 5.02 Å². The SMILES string of the molecule is COc1ccccc1NCC(=O)N/N=C\c1cc(Cl)c2c(c1)OCO2. The number of hydrogen-bond acceptors (Lipinski definition) is 6. The smallest absolute Gasteiger partial charge is 0.259 e. The standard InChI is InChI=1S/C17H16ClN3O4/c1-23-14-5-3-2-4-13(14)19-9-16(22)21-20-8-11-6-12(18)17-15(7-11)24-10-25-17/h2-8,19H,9-10H2,1H3,(H,21,22)/b20-8-. The molecule has 2 aromatic rings. The van der Waals surface area contributed by atoms with Gasteiger partial charge in [-0.2, -0.15) is 5.10 Å². The van der Waals surface area contributed by atoms with Crippen LogP contribution in [0.4, 0.5) is 5.69 Å². The Morgan fingerprint density at radius 2 is 2.20 bits per heavy atom. The second-order valence-corrected chi connectivity index (χ2v) is 5.49. The molecule has 0 unspecified atom stereocenters. The Labute approximate surface area is 149 Å². The summed E-state index contributed by atoms with van der Waals surface area (Å²) < 4.78 is 15.7. The monoisotopic (exact) mass is 361 g/mol. The first-order valence-corrected chi connectivity index (χ1v) is 7.83. The molecule has 0 saturated heterocycles. The minimum absolute atomic E-state index is 0.0552. The van der Waals surface area contributed by atoms with Crippen LogP contribution in [-0.4, -0.2) is 32.6 Å². The van der Waals surface area contributed by atoms with Crippen molar-refractivity contribution in [2.45, 2.75) is 0 Å². The maximum Gasteiger partial charge on any atom is 0.259 e. The zero-order valence-corrected chi connectivity index (χ0v) is 14.2. The van der Waals surface area contributed by atoms with Gasteiger partial charge in [-0.05, 0) is 29.8 Å². The number of methoxy groups -OCH3 is 1. The lowest BCUT2D eigenvalue weighted by atomic mass is 10.2. The fourth-order valence-electron chi connectivity index (χ4n) is 2.25. The van der Waals surface area contributed by atoms with Gasteiger partial charge in [0.1, 0.15) is 5.75 Å². The van der Waals surface area contributed by atoms with Crippen LogP contribution in [0.5, 0.6) is 17.2 Å². The molecule has 0 spiro atoms. The van der Waals surface area contributed by atoms with Crippen molar-refractivity contribution in [3.8, 4) is 17.2 Å². The number of carbonyl (C=O) groups excluding carboxylic acids is 1. The molecule has 1 aliphatic heterocycles. The van der Waals surface area contributed by atoms with E-state index in [9.17, 15) is 4.79 Å². The Morgan fingerprint density at radius 1 is 1.36 bits per heavy atom. The van der Waals surface area contributed by atoms with Crippen molar-refractivity contribution in [3.63, 3.8) is 0 Å². The van der Waals surface area contributed by atoms with E-state index < -0.39 is 0 Å². The first-order valence-electron chi connectivity index (χ1n) is 7.45. The van der Waals surface area contributed by atoms with Gasteiger partial charge in [0.05, 0.1) is 30.6 Å². The molecule has 0 aromatic heterocycles. The van der Waals surface area contributed by atoms with E-state index in [1.807, 2.05) is 24.3 Å². The van der Waals surface area contributed by atoms with Crippen LogP contribution >= 0.6 is 11.6 Å². The maximum absolute atomic E-state index is 11.9. The topological polar surface area (TPSA) is 81.2 Å². The van der Waals surface area contributed by atoms with Gasteiger partial charge in [0, 0.05) is 0 Å². The predicted octanol–water partition coefficient (Wildman–Crippen LogP) is 2.64. The molecule has 1 aliphatic rings. The lowest BCUT2D eigenvalue weighted by molar-refractivity contribution is -0.119. The number of para-hydroxylation sites is 2. The molecule has 0 saturated carbocycles. The van der Waals surface area contributed by atoms with E-state index in [0.717, 1.165) is 5.69 Å². The average molecular weight is 362 g/mol. The van der Waals surface area contributed by atoms with E-state index in [2.05, 4.69) is 15.8 Å². The number of hydrogen-bond donors (Lipinski definition) is 2. The van der Waals surface area contributed by atoms with Crippen LogP contribution in [0.1, 0.15) is 5.56 Å². The highest BCUT2D eigenvalue weighted by atomic mass is 35.5. The van der Waals surface area contributed by atoms with E-state index in [1.54, 1.807) is 19.2 Å². The van der Waals surface area contributed by atoms with Gasteiger partial charge in [0.25, 0.3) is 5.91 Å². The van der Waals surface area contributed by atoms with Gasteiger partial charge in [-0.3, -0.25) is 4.79 Å². The Balaban J connectivity index is 1.54. The number of ether oxygens (including phenoxy) is 3. The minimum atomic E-state index is -0.297. The third kappa shape index (κ3) is 4.13. The third-order valence-electron chi connectivity index (χ3n) is 3.40. The van der Waals surface area contributed by atoms with Gasteiger partial charge >= 0.3 is 0 Å². The molecule has 7 nitrogen and oxygen atoms in total. The normalized spacial score (nSPS) is 12.2. The number of carbonyl (C=O) groups is 1. The zero-order chi connectivity index (χ0) is 17.6. The van der Waals surface area contributed by atoms with E-state index in [-0.39, 0.29) is 19.2 Å². The van der Waals surface area contributed by atoms with Crippen molar-refractivity contribution in [3.05, 3.63) is 47.0 Å². The molecule has 130 valence electrons. The lowest BCUT2D eigenvalue weighted by Crippen LogP contribution is -2.26. The number of nitrogens with zero attached hydrogens (tertiary/aromatic N) is 1. The number of anilines is 1. The van der Waals surface area contributed by atoms with Crippen molar-refractivity contribution in [2.75, 3.05) is 25.8 Å². The summed E-state index contributed by atoms with van der Waals surface area (Å²) in [5.74, 6) is 1.43. The molecule has 3 rings (SSSR count). The zero-order valence-electron chi connectivity index (χ0n) is 13.4. The van der Waals surface area contributed by atoms with E-state index in [0.29, 0.717) is 27.8 Å². The molecule has 2 N–H and O–H groups in total. The minimum Gasteiger partial charge on any atom is -0.495 e. The molecular formula is C17H16ClN3O4. The summed E-state index contributed by atoms with van der Waals surface area (Å²) >= 11 is 6.09. The summed E-state index contributed by atoms with van der Waals surface area (Å²) in [4.78, 5) is 11.9. The fourth-order valence-corrected chi connectivity index (χ4v) is 2.52. The molecule has 8 heteroatoms. The quantitative estimate of drug-likeness (QED) is 0.610. The Bertz CT molecular complexity index is 810. The fraction of sp³-hybridized carbons (Fsp3) is 0.176. The summed E-state index contributed by atoms with van der Waals surface area (Å²) in [5, 5.41) is 7.33. The van der Waals surface area contributed by atoms with Gasteiger partial charge in [0.15, 0.2) is 11.5 Å². The third-order valence-corrected chi connectivity index (χ3v) is 3.68. The Hall–Kier alpha value is -2.93. The van der Waals surface area contributed by atoms with Gasteiger partial charge in [0.2, 0.25) is 6.79 Å². The van der Waals surface area contributed by atoms with E-state index in [4.69, 9.17) is 25.8 Å². The number of amides is 1. The maximum atomic E-state index is 11.9. The van der Waals surface area contributed by atoms with Crippen LogP contribution in [0.25, 0.3) is 0 Å². The van der Waals surface area contributed by atoms with Crippen molar-refractivity contribution < 1.29 is 19.0 Å². The van der Waals surface area contributed by atoms with Crippen molar-refractivity contribution in [2.24, 2.45) is 5.10 Å². The Morgan fingerprint density at radius 3 is 3.04 bits per heavy atom. The second kappa shape index (κ2) is 7.76. The van der Waals surface area contributed by atoms with Gasteiger partial charge in [-0.25, -0.2) is 5.43 Å². The summed E-state index contributed by atoms with van der Waals surface area (Å²) in [6.45, 7) is 0.195. The molecule has 1 heterocycles. The van der Waals surface area contributed by atoms with Gasteiger partial charge in [-0.15, -0.1) is 0 Å². The molecular weight excluding hydrogens is 346 g/mol. The molecule has 2 aromatic carbocycles. The number of halogens is 1. The summed E-state index contributed by atoms with van der Waals surface area (Å²) in [5.41, 5.74) is 3.85. The molecule has 0 bridgehead atoms. The van der Waals surface area contributed by atoms with E-state index >= 15 is 0 Å². The number of benzene rings is 2. The molecule has 0 radical (unpaired) electrons. The van der Waals surface area contributed by atoms with Crippen molar-refractivity contribution in [1.82, 2.24) is 5.43 Å². The predicted molar refractivity (Wildman–Crippen MR) is 94.8 cm³/mol. The molecule has 25 heavy (non-hydrogen) atoms. The number of fused-ring (bicyclic) bond motifs is 1. The lowest BCUT2D eigenvalue weighted by Gasteiger charge is -2.09. The highest BCUT2D eigenvalue weighted by Crippen LogP contribution is 2.39. The van der Waals surface area contributed by atoms with Crippen LogP contribution in [0, 0.1) is 0 Å². The van der Waals surface area contributed by atoms with Crippen LogP contribution in [0.15, 0.2) is 41.5 Å². The Kier molecular flexibility index (Phi) is 5.25. The van der Waals surface area contributed by atoms with Crippen LogP contribution < -0.4 is 25.0 Å².